The van der Waals surface area contributed by atoms with Gasteiger partial charge < -0.3 is 5.11 Å². The van der Waals surface area contributed by atoms with Crippen molar-refractivity contribution in [3.05, 3.63) is 29.8 Å². The van der Waals surface area contributed by atoms with Gasteiger partial charge in [0.15, 0.2) is 0 Å². The van der Waals surface area contributed by atoms with Crippen LogP contribution < -0.4 is 0 Å². The van der Waals surface area contributed by atoms with Crippen LogP contribution in [0.4, 0.5) is 0 Å². The molecule has 0 aliphatic carbocycles. The lowest BCUT2D eigenvalue weighted by atomic mass is 10.2. The van der Waals surface area contributed by atoms with Gasteiger partial charge in [0.1, 0.15) is 0 Å². The molecule has 1 aromatic carbocycles. The van der Waals surface area contributed by atoms with Crippen LogP contribution in [0.25, 0.3) is 0 Å². The minimum absolute atomic E-state index is 0.232. The van der Waals surface area contributed by atoms with Crippen molar-refractivity contribution in [2.24, 2.45) is 0 Å². The van der Waals surface area contributed by atoms with E-state index in [1.165, 1.54) is 10.5 Å². The monoisotopic (exact) mass is 196 g/mol. The number of hydrogen-bond acceptors (Lipinski definition) is 2. The van der Waals surface area contributed by atoms with E-state index in [-0.39, 0.29) is 6.61 Å². The fourth-order valence-electron chi connectivity index (χ4n) is 1.18. The highest BCUT2D eigenvalue weighted by Crippen LogP contribution is 2.23. The minimum Gasteiger partial charge on any atom is -0.396 e. The summed E-state index contributed by atoms with van der Waals surface area (Å²) in [6.07, 6.45) is 0.756. The van der Waals surface area contributed by atoms with Crippen LogP contribution in [0.2, 0.25) is 0 Å². The van der Waals surface area contributed by atoms with Gasteiger partial charge in [0, 0.05) is 16.8 Å². The second kappa shape index (κ2) is 5.30. The second-order valence-electron chi connectivity index (χ2n) is 3.29. The Kier molecular flexibility index (Phi) is 4.33. The van der Waals surface area contributed by atoms with Crippen molar-refractivity contribution in [3.8, 4) is 0 Å². The molecule has 0 fully saturated rings. The summed E-state index contributed by atoms with van der Waals surface area (Å²) < 4.78 is 0. The molecule has 0 aliphatic heterocycles. The van der Waals surface area contributed by atoms with Gasteiger partial charge in [-0.1, -0.05) is 26.0 Å². The molecule has 2 heteroatoms. The van der Waals surface area contributed by atoms with Crippen LogP contribution in [0.15, 0.2) is 29.2 Å². The van der Waals surface area contributed by atoms with Crippen molar-refractivity contribution in [1.82, 2.24) is 0 Å². The van der Waals surface area contributed by atoms with Crippen molar-refractivity contribution < 1.29 is 5.11 Å². The Bertz CT molecular complexity index is 258. The zero-order chi connectivity index (χ0) is 9.68. The van der Waals surface area contributed by atoms with E-state index in [2.05, 4.69) is 38.1 Å². The third kappa shape index (κ3) is 3.83. The van der Waals surface area contributed by atoms with E-state index in [0.29, 0.717) is 5.25 Å². The van der Waals surface area contributed by atoms with Gasteiger partial charge >= 0.3 is 0 Å². The van der Waals surface area contributed by atoms with Crippen molar-refractivity contribution in [1.29, 1.82) is 0 Å². The van der Waals surface area contributed by atoms with Crippen molar-refractivity contribution >= 4 is 11.8 Å². The Morgan fingerprint density at radius 3 is 2.77 bits per heavy atom. The Labute approximate surface area is 84.2 Å². The maximum Gasteiger partial charge on any atom is 0.0471 e. The lowest BCUT2D eigenvalue weighted by molar-refractivity contribution is 0.299. The van der Waals surface area contributed by atoms with E-state index < -0.39 is 0 Å². The Morgan fingerprint density at radius 2 is 2.15 bits per heavy atom. The van der Waals surface area contributed by atoms with Crippen LogP contribution >= 0.6 is 11.8 Å². The minimum atomic E-state index is 0.232. The van der Waals surface area contributed by atoms with Gasteiger partial charge in [-0.3, -0.25) is 0 Å². The van der Waals surface area contributed by atoms with E-state index in [4.69, 9.17) is 5.11 Å². The molecule has 0 saturated heterocycles. The number of aliphatic hydroxyl groups is 1. The number of hydrogen-bond donors (Lipinski definition) is 1. The van der Waals surface area contributed by atoms with Gasteiger partial charge in [0.25, 0.3) is 0 Å². The third-order valence-electron chi connectivity index (χ3n) is 1.67. The lowest BCUT2D eigenvalue weighted by Crippen LogP contribution is -1.91. The van der Waals surface area contributed by atoms with E-state index in [1.54, 1.807) is 0 Å². The summed E-state index contributed by atoms with van der Waals surface area (Å²) in [7, 11) is 0. The molecule has 0 unspecified atom stereocenters. The van der Waals surface area contributed by atoms with Gasteiger partial charge in [-0.15, -0.1) is 11.8 Å². The molecular weight excluding hydrogens is 180 g/mol. The van der Waals surface area contributed by atoms with Gasteiger partial charge in [0.05, 0.1) is 0 Å². The highest BCUT2D eigenvalue weighted by Gasteiger charge is 1.99. The van der Waals surface area contributed by atoms with Crippen LogP contribution in [0.3, 0.4) is 0 Å². The average molecular weight is 196 g/mol. The quantitative estimate of drug-likeness (QED) is 0.747. The van der Waals surface area contributed by atoms with E-state index in [0.717, 1.165) is 6.42 Å². The van der Waals surface area contributed by atoms with Crippen LogP contribution in [0.5, 0.6) is 0 Å². The van der Waals surface area contributed by atoms with Gasteiger partial charge in [-0.2, -0.15) is 0 Å². The first-order valence-electron chi connectivity index (χ1n) is 4.59. The molecule has 0 radical (unpaired) electrons. The topological polar surface area (TPSA) is 20.2 Å². The summed E-state index contributed by atoms with van der Waals surface area (Å²) in [5.74, 6) is 0. The van der Waals surface area contributed by atoms with Crippen LogP contribution in [-0.2, 0) is 6.42 Å². The Hall–Kier alpha value is -0.470. The fourth-order valence-corrected chi connectivity index (χ4v) is 2.10. The molecule has 72 valence electrons. The average Bonchev–Trinajstić information content (AvgIpc) is 2.04. The second-order valence-corrected chi connectivity index (χ2v) is 4.94. The maximum atomic E-state index is 8.79. The van der Waals surface area contributed by atoms with E-state index in [1.807, 2.05) is 11.8 Å². The van der Waals surface area contributed by atoms with Crippen LogP contribution in [0.1, 0.15) is 19.4 Å². The predicted molar refractivity (Wildman–Crippen MR) is 58.2 cm³/mol. The third-order valence-corrected chi connectivity index (χ3v) is 2.67. The first-order valence-corrected chi connectivity index (χ1v) is 5.47. The molecule has 1 aromatic rings. The predicted octanol–water partition coefficient (Wildman–Crippen LogP) is 2.72. The zero-order valence-corrected chi connectivity index (χ0v) is 8.97. The first kappa shape index (κ1) is 10.6. The maximum absolute atomic E-state index is 8.79. The van der Waals surface area contributed by atoms with Gasteiger partial charge in [-0.25, -0.2) is 0 Å². The highest BCUT2D eigenvalue weighted by atomic mass is 32.2. The standard InChI is InChI=1S/C11H16OS/c1-9(2)13-11-5-3-4-10(8-11)6-7-12/h3-5,8-9,12H,6-7H2,1-2H3. The van der Waals surface area contributed by atoms with Crippen LogP contribution in [-0.4, -0.2) is 17.0 Å². The van der Waals surface area contributed by atoms with Gasteiger partial charge in [0.2, 0.25) is 0 Å². The van der Waals surface area contributed by atoms with Gasteiger partial charge in [-0.05, 0) is 24.1 Å². The van der Waals surface area contributed by atoms with E-state index in [9.17, 15) is 0 Å². The van der Waals surface area contributed by atoms with Crippen LogP contribution in [0, 0.1) is 0 Å². The van der Waals surface area contributed by atoms with Crippen molar-refractivity contribution in [2.45, 2.75) is 30.4 Å². The fraction of sp³-hybridized carbons (Fsp3) is 0.455. The molecule has 0 aliphatic rings. The summed E-state index contributed by atoms with van der Waals surface area (Å²) in [5, 5.41) is 9.40. The number of thioether (sulfide) groups is 1. The zero-order valence-electron chi connectivity index (χ0n) is 8.16. The molecule has 13 heavy (non-hydrogen) atoms. The molecule has 0 spiro atoms. The molecule has 1 nitrogen and oxygen atoms in total. The van der Waals surface area contributed by atoms with Crippen molar-refractivity contribution in [2.75, 3.05) is 6.61 Å². The summed E-state index contributed by atoms with van der Waals surface area (Å²) in [5.41, 5.74) is 1.22. The summed E-state index contributed by atoms with van der Waals surface area (Å²) in [6, 6.07) is 8.38. The lowest BCUT2D eigenvalue weighted by Gasteiger charge is -2.06. The SMILES string of the molecule is CC(C)Sc1cccc(CCO)c1. The molecule has 0 heterocycles. The molecule has 0 aromatic heterocycles. The number of rotatable bonds is 4. The smallest absolute Gasteiger partial charge is 0.0471 e. The first-order chi connectivity index (χ1) is 6.22. The molecule has 0 bridgehead atoms. The largest absolute Gasteiger partial charge is 0.396 e. The van der Waals surface area contributed by atoms with E-state index >= 15 is 0 Å². The summed E-state index contributed by atoms with van der Waals surface area (Å²) in [6.45, 7) is 4.60. The highest BCUT2D eigenvalue weighted by molar-refractivity contribution is 7.99. The molecule has 0 atom stereocenters. The molecular formula is C11H16OS. The number of benzene rings is 1. The molecule has 1 rings (SSSR count). The normalized spacial score (nSPS) is 10.8. The molecule has 0 amide bonds. The summed E-state index contributed by atoms with van der Waals surface area (Å²) in [4.78, 5) is 1.29. The van der Waals surface area contributed by atoms with Crippen molar-refractivity contribution in [3.63, 3.8) is 0 Å². The Morgan fingerprint density at radius 1 is 1.38 bits per heavy atom. The molecule has 0 saturated carbocycles. The number of aliphatic hydroxyl groups excluding tert-OH is 1. The molecule has 1 N–H and O–H groups in total. The Balaban J connectivity index is 2.67. The summed E-state index contributed by atoms with van der Waals surface area (Å²) >= 11 is 1.86.